The molecule has 3 rings (SSSR count). The smallest absolute Gasteiger partial charge is 0.158 e. The highest BCUT2D eigenvalue weighted by molar-refractivity contribution is 5.90. The van der Waals surface area contributed by atoms with Crippen LogP contribution in [0.25, 0.3) is 17.1 Å². The van der Waals surface area contributed by atoms with Gasteiger partial charge in [0.05, 0.1) is 12.3 Å². The van der Waals surface area contributed by atoms with E-state index in [0.717, 1.165) is 16.8 Å². The molecule has 0 radical (unpaired) electrons. The quantitative estimate of drug-likeness (QED) is 0.784. The maximum Gasteiger partial charge on any atom is 0.158 e. The molecule has 3 aromatic rings. The lowest BCUT2D eigenvalue weighted by atomic mass is 10.1. The summed E-state index contributed by atoms with van der Waals surface area (Å²) in [6.07, 6.45) is 3.46. The fraction of sp³-hybridized carbons (Fsp3) is 0.176. The molecule has 6 heteroatoms. The first kappa shape index (κ1) is 15.2. The maximum atomic E-state index is 13.0. The lowest BCUT2D eigenvalue weighted by Gasteiger charge is -2.20. The van der Waals surface area contributed by atoms with Gasteiger partial charge in [-0.15, -0.1) is 0 Å². The van der Waals surface area contributed by atoms with Crippen molar-refractivity contribution in [3.63, 3.8) is 0 Å². The Hall–Kier alpha value is -2.73. The Morgan fingerprint density at radius 3 is 2.74 bits per heavy atom. The third-order valence-electron chi connectivity index (χ3n) is 3.52. The average Bonchev–Trinajstić information content (AvgIpc) is 3.02. The van der Waals surface area contributed by atoms with Gasteiger partial charge in [0.2, 0.25) is 0 Å². The molecule has 0 unspecified atom stereocenters. The van der Waals surface area contributed by atoms with Crippen LogP contribution in [0.15, 0.2) is 47.1 Å². The van der Waals surface area contributed by atoms with Crippen LogP contribution >= 0.6 is 0 Å². The van der Waals surface area contributed by atoms with E-state index in [1.54, 1.807) is 18.2 Å². The molecule has 5 nitrogen and oxygen atoms in total. The van der Waals surface area contributed by atoms with Crippen molar-refractivity contribution in [1.29, 1.82) is 0 Å². The summed E-state index contributed by atoms with van der Waals surface area (Å²) < 4.78 is 17.8. The molecule has 0 saturated heterocycles. The topological polar surface area (TPSA) is 62.4 Å². The first-order chi connectivity index (χ1) is 11.2. The molecule has 0 aliphatic carbocycles. The molecule has 0 aliphatic heterocycles. The van der Waals surface area contributed by atoms with Gasteiger partial charge >= 0.3 is 0 Å². The summed E-state index contributed by atoms with van der Waals surface area (Å²) in [5, 5.41) is 16.8. The highest BCUT2D eigenvalue weighted by Gasteiger charge is 2.13. The van der Waals surface area contributed by atoms with E-state index in [-0.39, 0.29) is 12.4 Å². The number of aliphatic hydroxyl groups excluding tert-OH is 1. The summed E-state index contributed by atoms with van der Waals surface area (Å²) in [5.41, 5.74) is 4.03. The van der Waals surface area contributed by atoms with Gasteiger partial charge in [-0.2, -0.15) is 0 Å². The van der Waals surface area contributed by atoms with Crippen molar-refractivity contribution in [3.8, 4) is 0 Å². The zero-order valence-electron chi connectivity index (χ0n) is 12.6. The second kappa shape index (κ2) is 6.58. The summed E-state index contributed by atoms with van der Waals surface area (Å²) in [7, 11) is 1.92. The van der Waals surface area contributed by atoms with Crippen LogP contribution in [-0.2, 0) is 6.54 Å². The van der Waals surface area contributed by atoms with E-state index in [1.165, 1.54) is 12.1 Å². The van der Waals surface area contributed by atoms with Crippen molar-refractivity contribution in [1.82, 2.24) is 10.3 Å². The van der Waals surface area contributed by atoms with Gasteiger partial charge in [-0.1, -0.05) is 24.3 Å². The van der Waals surface area contributed by atoms with Crippen LogP contribution in [0.1, 0.15) is 11.1 Å². The molecule has 23 heavy (non-hydrogen) atoms. The first-order valence-electron chi connectivity index (χ1n) is 7.16. The van der Waals surface area contributed by atoms with E-state index in [0.29, 0.717) is 17.6 Å². The lowest BCUT2D eigenvalue weighted by molar-refractivity contribution is 0.315. The number of halogens is 1. The highest BCUT2D eigenvalue weighted by atomic mass is 19.1. The van der Waals surface area contributed by atoms with Gasteiger partial charge < -0.3 is 10.0 Å². The molecule has 0 amide bonds. The number of hydrogen-bond donors (Lipinski definition) is 1. The van der Waals surface area contributed by atoms with E-state index < -0.39 is 0 Å². The van der Waals surface area contributed by atoms with Crippen molar-refractivity contribution in [3.05, 3.63) is 59.4 Å². The fourth-order valence-corrected chi connectivity index (χ4v) is 2.42. The minimum Gasteiger partial charge on any atom is -0.392 e. The van der Waals surface area contributed by atoms with Gasteiger partial charge in [0.15, 0.2) is 5.52 Å². The third-order valence-corrected chi connectivity index (χ3v) is 3.52. The highest BCUT2D eigenvalue weighted by Crippen LogP contribution is 2.27. The molecule has 0 bridgehead atoms. The number of aromatic nitrogens is 2. The molecular weight excluding hydrogens is 297 g/mol. The maximum absolute atomic E-state index is 13.0. The minimum atomic E-state index is -0.254. The molecule has 0 fully saturated rings. The average molecular weight is 313 g/mol. The Bertz CT molecular complexity index is 827. The van der Waals surface area contributed by atoms with Gasteiger partial charge in [0, 0.05) is 13.6 Å². The molecule has 2 aromatic carbocycles. The second-order valence-electron chi connectivity index (χ2n) is 5.24. The molecule has 0 atom stereocenters. The Balaban J connectivity index is 1.94. The van der Waals surface area contributed by atoms with Crippen LogP contribution in [0.4, 0.5) is 10.1 Å². The SMILES string of the molecule is CN(Cc1ccc(F)cc1)c1cc(/C=C/CO)cc2nonc12. The second-order valence-corrected chi connectivity index (χ2v) is 5.24. The van der Waals surface area contributed by atoms with Crippen molar-refractivity contribution < 1.29 is 14.1 Å². The van der Waals surface area contributed by atoms with Crippen molar-refractivity contribution in [2.45, 2.75) is 6.54 Å². The fourth-order valence-electron chi connectivity index (χ4n) is 2.42. The summed E-state index contributed by atoms with van der Waals surface area (Å²) in [6, 6.07) is 10.2. The number of hydrogen-bond acceptors (Lipinski definition) is 5. The van der Waals surface area contributed by atoms with Crippen LogP contribution in [0, 0.1) is 5.82 Å². The molecule has 0 spiro atoms. The number of benzene rings is 2. The zero-order valence-corrected chi connectivity index (χ0v) is 12.6. The molecule has 0 saturated carbocycles. The summed E-state index contributed by atoms with van der Waals surface area (Å²) in [4.78, 5) is 2.00. The van der Waals surface area contributed by atoms with E-state index >= 15 is 0 Å². The standard InChI is InChI=1S/C17H16FN3O2/c1-21(11-12-4-6-14(18)7-5-12)16-10-13(3-2-8-22)9-15-17(16)20-23-19-15/h2-7,9-10,22H,8,11H2,1H3/b3-2+. The molecular formula is C17H16FN3O2. The van der Waals surface area contributed by atoms with E-state index in [4.69, 9.17) is 9.74 Å². The van der Waals surface area contributed by atoms with Crippen LogP contribution in [-0.4, -0.2) is 29.1 Å². The summed E-state index contributed by atoms with van der Waals surface area (Å²) in [5.74, 6) is -0.254. The monoisotopic (exact) mass is 313 g/mol. The first-order valence-corrected chi connectivity index (χ1v) is 7.16. The molecule has 118 valence electrons. The van der Waals surface area contributed by atoms with E-state index in [1.807, 2.05) is 30.2 Å². The lowest BCUT2D eigenvalue weighted by Crippen LogP contribution is -2.17. The molecule has 1 N–H and O–H groups in total. The van der Waals surface area contributed by atoms with Crippen LogP contribution in [0.5, 0.6) is 0 Å². The van der Waals surface area contributed by atoms with Gasteiger partial charge in [-0.3, -0.25) is 0 Å². The molecule has 1 aromatic heterocycles. The Kier molecular flexibility index (Phi) is 4.34. The Morgan fingerprint density at radius 1 is 1.22 bits per heavy atom. The normalized spacial score (nSPS) is 11.4. The van der Waals surface area contributed by atoms with Gasteiger partial charge in [-0.25, -0.2) is 9.02 Å². The van der Waals surface area contributed by atoms with Crippen LogP contribution < -0.4 is 4.90 Å². The third kappa shape index (κ3) is 3.37. The summed E-state index contributed by atoms with van der Waals surface area (Å²) >= 11 is 0. The van der Waals surface area contributed by atoms with E-state index in [2.05, 4.69) is 10.3 Å². The number of aliphatic hydroxyl groups is 1. The van der Waals surface area contributed by atoms with Gasteiger partial charge in [0.1, 0.15) is 11.3 Å². The van der Waals surface area contributed by atoms with E-state index in [9.17, 15) is 4.39 Å². The Labute approximate surface area is 132 Å². The van der Waals surface area contributed by atoms with Crippen LogP contribution in [0.2, 0.25) is 0 Å². The van der Waals surface area contributed by atoms with Crippen molar-refractivity contribution in [2.75, 3.05) is 18.6 Å². The number of anilines is 1. The van der Waals surface area contributed by atoms with Crippen molar-refractivity contribution >= 4 is 22.8 Å². The largest absolute Gasteiger partial charge is 0.392 e. The minimum absolute atomic E-state index is 0.0319. The number of nitrogens with zero attached hydrogens (tertiary/aromatic N) is 3. The Morgan fingerprint density at radius 2 is 2.00 bits per heavy atom. The summed E-state index contributed by atoms with van der Waals surface area (Å²) in [6.45, 7) is 0.561. The van der Waals surface area contributed by atoms with Crippen LogP contribution in [0.3, 0.4) is 0 Å². The van der Waals surface area contributed by atoms with Crippen molar-refractivity contribution in [2.24, 2.45) is 0 Å². The zero-order chi connectivity index (χ0) is 16.2. The van der Waals surface area contributed by atoms with Gasteiger partial charge in [-0.05, 0) is 45.7 Å². The van der Waals surface area contributed by atoms with Gasteiger partial charge in [0.25, 0.3) is 0 Å². The predicted molar refractivity (Wildman–Crippen MR) is 86.4 cm³/mol. The number of fused-ring (bicyclic) bond motifs is 1. The predicted octanol–water partition coefficient (Wildman–Crippen LogP) is 3.00. The number of rotatable bonds is 5. The molecule has 0 aliphatic rings. The molecule has 1 heterocycles.